The van der Waals surface area contributed by atoms with Crippen molar-refractivity contribution in [1.29, 1.82) is 0 Å². The maximum Gasteiger partial charge on any atom is 0.263 e. The van der Waals surface area contributed by atoms with Crippen LogP contribution in [-0.2, 0) is 16.6 Å². The molecule has 0 radical (unpaired) electrons. The second-order valence-electron chi connectivity index (χ2n) is 10.1. The van der Waals surface area contributed by atoms with Gasteiger partial charge in [-0.25, -0.2) is 17.9 Å². The third kappa shape index (κ3) is 4.67. The lowest BCUT2D eigenvalue weighted by molar-refractivity contribution is 0.0698. The summed E-state index contributed by atoms with van der Waals surface area (Å²) < 4.78 is 28.4. The molecule has 39 heavy (non-hydrogen) atoms. The van der Waals surface area contributed by atoms with Crippen LogP contribution >= 0.6 is 0 Å². The molecule has 4 aromatic rings. The minimum atomic E-state index is -3.67. The highest BCUT2D eigenvalue weighted by atomic mass is 32.2. The van der Waals surface area contributed by atoms with Crippen LogP contribution in [0, 0.1) is 5.92 Å². The number of amides is 2. The summed E-state index contributed by atoms with van der Waals surface area (Å²) in [6.07, 6.45) is 4.85. The molecule has 1 aliphatic heterocycles. The topological polar surface area (TPSA) is 152 Å². The molecule has 1 fully saturated rings. The standard InChI is InChI=1S/C27H27N7O4S/c1-15(16-8-9-16)33-14-18-12-17(13-21(22(18)27(33)36)32-39(2,37)38)20-10-11-34-25(30-20)23(24(28)31-34)26(35)29-19-6-4-3-5-7-19/h3-7,10-13,15-16,32H,8-9,14H2,1-2H3,(H2,28,31)(H,29,35)/t15-/m0/s1. The number of hydrogen-bond acceptors (Lipinski definition) is 7. The Hall–Kier alpha value is -4.45. The number of sulfonamides is 1. The summed E-state index contributed by atoms with van der Waals surface area (Å²) in [5.74, 6) is -0.154. The first-order chi connectivity index (χ1) is 18.6. The van der Waals surface area contributed by atoms with Crippen LogP contribution in [0.5, 0.6) is 0 Å². The quantitative estimate of drug-likeness (QED) is 0.322. The van der Waals surface area contributed by atoms with Crippen molar-refractivity contribution in [1.82, 2.24) is 19.5 Å². The van der Waals surface area contributed by atoms with Gasteiger partial charge in [-0.3, -0.25) is 14.3 Å². The SMILES string of the molecule is C[C@@H](C1CC1)N1Cc2cc(-c3ccn4nc(N)c(C(=O)Nc5ccccc5)c4n3)cc(NS(C)(=O)=O)c2C1=O. The molecule has 0 spiro atoms. The molecule has 11 nitrogen and oxygen atoms in total. The molecule has 2 aromatic carbocycles. The molecule has 12 heteroatoms. The average molecular weight is 546 g/mol. The van der Waals surface area contributed by atoms with Crippen LogP contribution in [-0.4, -0.2) is 52.0 Å². The van der Waals surface area contributed by atoms with E-state index in [9.17, 15) is 18.0 Å². The normalized spacial score (nSPS) is 15.8. The fourth-order valence-corrected chi connectivity index (χ4v) is 5.67. The zero-order chi connectivity index (χ0) is 27.5. The van der Waals surface area contributed by atoms with Crippen LogP contribution in [0.15, 0.2) is 54.7 Å². The number of anilines is 3. The van der Waals surface area contributed by atoms with Gasteiger partial charge in [0.1, 0.15) is 5.56 Å². The largest absolute Gasteiger partial charge is 0.381 e. The van der Waals surface area contributed by atoms with E-state index in [1.807, 2.05) is 19.1 Å². The molecular formula is C27H27N7O4S. The van der Waals surface area contributed by atoms with Crippen LogP contribution in [0.25, 0.3) is 16.9 Å². The second kappa shape index (κ2) is 9.09. The number of para-hydroxylation sites is 1. The zero-order valence-electron chi connectivity index (χ0n) is 21.4. The fourth-order valence-electron chi connectivity index (χ4n) is 5.11. The third-order valence-electron chi connectivity index (χ3n) is 7.19. The Bertz CT molecular complexity index is 1750. The van der Waals surface area contributed by atoms with Gasteiger partial charge < -0.3 is 16.0 Å². The average Bonchev–Trinajstić information content (AvgIpc) is 3.60. The Morgan fingerprint density at radius 2 is 1.90 bits per heavy atom. The highest BCUT2D eigenvalue weighted by Crippen LogP contribution is 2.41. The van der Waals surface area contributed by atoms with Gasteiger partial charge in [0.25, 0.3) is 11.8 Å². The van der Waals surface area contributed by atoms with Crippen molar-refractivity contribution < 1.29 is 18.0 Å². The molecule has 4 N–H and O–H groups in total. The molecular weight excluding hydrogens is 518 g/mol. The molecule has 2 aromatic heterocycles. The Morgan fingerprint density at radius 1 is 1.15 bits per heavy atom. The first kappa shape index (κ1) is 24.9. The lowest BCUT2D eigenvalue weighted by atomic mass is 10.0. The van der Waals surface area contributed by atoms with Gasteiger partial charge in [0.2, 0.25) is 10.0 Å². The number of carbonyl (C=O) groups excluding carboxylic acids is 2. The van der Waals surface area contributed by atoms with E-state index >= 15 is 0 Å². The van der Waals surface area contributed by atoms with E-state index in [-0.39, 0.29) is 34.7 Å². The van der Waals surface area contributed by atoms with Gasteiger partial charge in [0.15, 0.2) is 11.5 Å². The summed E-state index contributed by atoms with van der Waals surface area (Å²) in [5, 5.41) is 7.03. The van der Waals surface area contributed by atoms with Gasteiger partial charge in [-0.1, -0.05) is 18.2 Å². The summed E-state index contributed by atoms with van der Waals surface area (Å²) in [7, 11) is -3.67. The summed E-state index contributed by atoms with van der Waals surface area (Å²) in [5.41, 5.74) is 9.40. The number of carbonyl (C=O) groups is 2. The maximum atomic E-state index is 13.4. The number of benzene rings is 2. The van der Waals surface area contributed by atoms with Gasteiger partial charge in [0.05, 0.1) is 23.2 Å². The van der Waals surface area contributed by atoms with E-state index in [4.69, 9.17) is 5.73 Å². The van der Waals surface area contributed by atoms with Crippen LogP contribution in [0.1, 0.15) is 46.0 Å². The summed E-state index contributed by atoms with van der Waals surface area (Å²) >= 11 is 0. The third-order valence-corrected chi connectivity index (χ3v) is 7.78. The predicted octanol–water partition coefficient (Wildman–Crippen LogP) is 3.36. The second-order valence-corrected chi connectivity index (χ2v) is 11.9. The molecule has 6 rings (SSSR count). The Kier molecular flexibility index (Phi) is 5.79. The van der Waals surface area contributed by atoms with Crippen LogP contribution in [0.2, 0.25) is 0 Å². The molecule has 3 heterocycles. The van der Waals surface area contributed by atoms with E-state index in [2.05, 4.69) is 20.1 Å². The van der Waals surface area contributed by atoms with Crippen LogP contribution < -0.4 is 15.8 Å². The van der Waals surface area contributed by atoms with E-state index in [0.29, 0.717) is 40.5 Å². The van der Waals surface area contributed by atoms with Crippen LogP contribution in [0.4, 0.5) is 17.2 Å². The van der Waals surface area contributed by atoms with Gasteiger partial charge >= 0.3 is 0 Å². The van der Waals surface area contributed by atoms with Crippen molar-refractivity contribution in [3.8, 4) is 11.3 Å². The van der Waals surface area contributed by atoms with Crippen molar-refractivity contribution in [3.63, 3.8) is 0 Å². The summed E-state index contributed by atoms with van der Waals surface area (Å²) in [6.45, 7) is 2.41. The minimum Gasteiger partial charge on any atom is -0.381 e. The van der Waals surface area contributed by atoms with E-state index in [1.54, 1.807) is 47.5 Å². The van der Waals surface area contributed by atoms with E-state index < -0.39 is 15.9 Å². The smallest absolute Gasteiger partial charge is 0.263 e. The first-order valence-electron chi connectivity index (χ1n) is 12.6. The molecule has 1 atom stereocenters. The molecule has 0 bridgehead atoms. The van der Waals surface area contributed by atoms with Gasteiger partial charge in [-0.15, -0.1) is 5.10 Å². The highest BCUT2D eigenvalue weighted by Gasteiger charge is 2.40. The molecule has 1 saturated carbocycles. The molecule has 200 valence electrons. The monoisotopic (exact) mass is 545 g/mol. The Labute approximate surface area is 225 Å². The predicted molar refractivity (Wildman–Crippen MR) is 148 cm³/mol. The Balaban J connectivity index is 1.42. The van der Waals surface area contributed by atoms with Gasteiger partial charge in [-0.05, 0) is 61.6 Å². The number of aromatic nitrogens is 3. The maximum absolute atomic E-state index is 13.4. The van der Waals surface area contributed by atoms with Crippen molar-refractivity contribution in [3.05, 3.63) is 71.4 Å². The highest BCUT2D eigenvalue weighted by molar-refractivity contribution is 7.92. The summed E-state index contributed by atoms with van der Waals surface area (Å²) in [6, 6.07) is 14.2. The van der Waals surface area contributed by atoms with Crippen molar-refractivity contribution >= 4 is 44.7 Å². The number of nitrogen functional groups attached to an aromatic ring is 1. The van der Waals surface area contributed by atoms with Gasteiger partial charge in [-0.2, -0.15) is 0 Å². The van der Waals surface area contributed by atoms with E-state index in [0.717, 1.165) is 19.1 Å². The fraction of sp³-hybridized carbons (Fsp3) is 0.259. The lowest BCUT2D eigenvalue weighted by Crippen LogP contribution is -2.34. The lowest BCUT2D eigenvalue weighted by Gasteiger charge is -2.24. The molecule has 1 aliphatic carbocycles. The molecule has 2 aliphatic rings. The molecule has 2 amide bonds. The number of rotatable bonds is 7. The molecule has 0 unspecified atom stereocenters. The number of nitrogens with two attached hydrogens (primary N) is 1. The number of nitrogens with zero attached hydrogens (tertiary/aromatic N) is 4. The zero-order valence-corrected chi connectivity index (χ0v) is 22.2. The van der Waals surface area contributed by atoms with Gasteiger partial charge in [0, 0.05) is 30.0 Å². The number of nitrogens with one attached hydrogen (secondary N) is 2. The summed E-state index contributed by atoms with van der Waals surface area (Å²) in [4.78, 5) is 33.0. The molecule has 0 saturated heterocycles. The van der Waals surface area contributed by atoms with E-state index in [1.165, 1.54) is 4.52 Å². The van der Waals surface area contributed by atoms with Crippen molar-refractivity contribution in [2.75, 3.05) is 22.0 Å². The van der Waals surface area contributed by atoms with Crippen molar-refractivity contribution in [2.45, 2.75) is 32.4 Å². The Morgan fingerprint density at radius 3 is 2.59 bits per heavy atom. The first-order valence-corrected chi connectivity index (χ1v) is 14.5. The minimum absolute atomic E-state index is 0.0248. The number of hydrogen-bond donors (Lipinski definition) is 3. The number of fused-ring (bicyclic) bond motifs is 2. The van der Waals surface area contributed by atoms with Crippen LogP contribution in [0.3, 0.4) is 0 Å². The van der Waals surface area contributed by atoms with Crippen molar-refractivity contribution in [2.24, 2.45) is 5.92 Å².